The summed E-state index contributed by atoms with van der Waals surface area (Å²) in [5.41, 5.74) is 0.0467. The highest BCUT2D eigenvalue weighted by Gasteiger charge is 2.30. The van der Waals surface area contributed by atoms with Crippen LogP contribution in [0.2, 0.25) is 0 Å². The second-order valence-electron chi connectivity index (χ2n) is 4.96. The van der Waals surface area contributed by atoms with E-state index in [1.165, 1.54) is 19.3 Å². The molecule has 0 aromatic carbocycles. The zero-order valence-electron chi connectivity index (χ0n) is 10.2. The van der Waals surface area contributed by atoms with Crippen molar-refractivity contribution in [3.05, 3.63) is 0 Å². The molecule has 0 bridgehead atoms. The molecule has 3 N–H and O–H groups in total. The largest absolute Gasteiger partial charge is 0.396 e. The first-order valence-corrected chi connectivity index (χ1v) is 6.21. The van der Waals surface area contributed by atoms with Gasteiger partial charge in [0.05, 0.1) is 12.7 Å². The first kappa shape index (κ1) is 13.9. The predicted molar refractivity (Wildman–Crippen MR) is 63.4 cm³/mol. The average Bonchev–Trinajstić information content (AvgIpc) is 2.31. The van der Waals surface area contributed by atoms with Gasteiger partial charge in [0.15, 0.2) is 0 Å². The molecule has 4 nitrogen and oxygen atoms in total. The number of nitrogens with one attached hydrogen (secondary N) is 1. The Morgan fingerprint density at radius 1 is 1.31 bits per heavy atom. The van der Waals surface area contributed by atoms with E-state index in [-0.39, 0.29) is 12.0 Å². The second kappa shape index (κ2) is 7.22. The molecule has 1 rings (SSSR count). The summed E-state index contributed by atoms with van der Waals surface area (Å²) in [5.74, 6) is 0. The van der Waals surface area contributed by atoms with Crippen molar-refractivity contribution < 1.29 is 14.9 Å². The molecule has 0 spiro atoms. The molecule has 1 saturated carbocycles. The van der Waals surface area contributed by atoms with E-state index in [1.54, 1.807) is 7.11 Å². The SMILES string of the molecule is COCC(O)CNCC1(CO)CCCCC1. The minimum absolute atomic E-state index is 0.0467. The molecule has 1 fully saturated rings. The predicted octanol–water partition coefficient (Wildman–Crippen LogP) is 0.526. The first-order chi connectivity index (χ1) is 7.72. The van der Waals surface area contributed by atoms with Crippen LogP contribution in [-0.2, 0) is 4.74 Å². The molecule has 0 amide bonds. The maximum absolute atomic E-state index is 9.49. The van der Waals surface area contributed by atoms with Crippen LogP contribution >= 0.6 is 0 Å². The quantitative estimate of drug-likeness (QED) is 0.598. The summed E-state index contributed by atoms with van der Waals surface area (Å²) >= 11 is 0. The molecule has 16 heavy (non-hydrogen) atoms. The van der Waals surface area contributed by atoms with Crippen molar-refractivity contribution in [3.8, 4) is 0 Å². The van der Waals surface area contributed by atoms with Crippen LogP contribution in [-0.4, -0.2) is 49.7 Å². The smallest absolute Gasteiger partial charge is 0.0897 e. The maximum Gasteiger partial charge on any atom is 0.0897 e. The molecule has 0 aromatic heterocycles. The Labute approximate surface area is 98.0 Å². The molecule has 96 valence electrons. The number of hydrogen-bond donors (Lipinski definition) is 3. The van der Waals surface area contributed by atoms with Crippen molar-refractivity contribution in [3.63, 3.8) is 0 Å². The maximum atomic E-state index is 9.49. The Morgan fingerprint density at radius 3 is 2.56 bits per heavy atom. The van der Waals surface area contributed by atoms with E-state index < -0.39 is 6.10 Å². The van der Waals surface area contributed by atoms with E-state index in [9.17, 15) is 10.2 Å². The van der Waals surface area contributed by atoms with Gasteiger partial charge in [0, 0.05) is 32.2 Å². The molecule has 0 aliphatic heterocycles. The van der Waals surface area contributed by atoms with Crippen molar-refractivity contribution in [2.24, 2.45) is 5.41 Å². The highest BCUT2D eigenvalue weighted by Crippen LogP contribution is 2.35. The van der Waals surface area contributed by atoms with E-state index in [2.05, 4.69) is 5.32 Å². The van der Waals surface area contributed by atoms with E-state index in [0.29, 0.717) is 13.2 Å². The van der Waals surface area contributed by atoms with Gasteiger partial charge in [-0.25, -0.2) is 0 Å². The molecular weight excluding hydrogens is 206 g/mol. The number of ether oxygens (including phenoxy) is 1. The molecular formula is C12H25NO3. The summed E-state index contributed by atoms with van der Waals surface area (Å²) in [4.78, 5) is 0. The lowest BCUT2D eigenvalue weighted by atomic mass is 9.74. The van der Waals surface area contributed by atoms with Crippen molar-refractivity contribution >= 4 is 0 Å². The molecule has 0 radical (unpaired) electrons. The van der Waals surface area contributed by atoms with Crippen LogP contribution < -0.4 is 5.32 Å². The van der Waals surface area contributed by atoms with Crippen LogP contribution in [0.5, 0.6) is 0 Å². The fraction of sp³-hybridized carbons (Fsp3) is 1.00. The molecule has 1 unspecified atom stereocenters. The lowest BCUT2D eigenvalue weighted by molar-refractivity contribution is 0.0513. The van der Waals surface area contributed by atoms with Crippen LogP contribution in [0.15, 0.2) is 0 Å². The zero-order chi connectivity index (χ0) is 11.9. The van der Waals surface area contributed by atoms with Gasteiger partial charge < -0.3 is 20.3 Å². The Hall–Kier alpha value is -0.160. The lowest BCUT2D eigenvalue weighted by Crippen LogP contribution is -2.42. The van der Waals surface area contributed by atoms with Gasteiger partial charge in [0.1, 0.15) is 0 Å². The van der Waals surface area contributed by atoms with E-state index >= 15 is 0 Å². The first-order valence-electron chi connectivity index (χ1n) is 6.21. The summed E-state index contributed by atoms with van der Waals surface area (Å²) in [5, 5.41) is 22.2. The molecule has 1 atom stereocenters. The number of rotatable bonds is 7. The van der Waals surface area contributed by atoms with Gasteiger partial charge >= 0.3 is 0 Å². The fourth-order valence-electron chi connectivity index (χ4n) is 2.45. The van der Waals surface area contributed by atoms with E-state index in [4.69, 9.17) is 4.74 Å². The van der Waals surface area contributed by atoms with Gasteiger partial charge in [-0.2, -0.15) is 0 Å². The Kier molecular flexibility index (Phi) is 6.28. The Morgan fingerprint density at radius 2 is 2.00 bits per heavy atom. The molecule has 0 saturated heterocycles. The van der Waals surface area contributed by atoms with Crippen molar-refractivity contribution in [1.82, 2.24) is 5.32 Å². The fourth-order valence-corrected chi connectivity index (χ4v) is 2.45. The topological polar surface area (TPSA) is 61.7 Å². The average molecular weight is 231 g/mol. The van der Waals surface area contributed by atoms with Crippen LogP contribution in [0.4, 0.5) is 0 Å². The van der Waals surface area contributed by atoms with Gasteiger partial charge in [-0.15, -0.1) is 0 Å². The minimum atomic E-state index is -0.454. The van der Waals surface area contributed by atoms with Gasteiger partial charge in [-0.1, -0.05) is 19.3 Å². The summed E-state index contributed by atoms with van der Waals surface area (Å²) in [7, 11) is 1.58. The van der Waals surface area contributed by atoms with Gasteiger partial charge in [0.25, 0.3) is 0 Å². The van der Waals surface area contributed by atoms with Crippen molar-refractivity contribution in [2.45, 2.75) is 38.2 Å². The normalized spacial score (nSPS) is 21.9. The third-order valence-corrected chi connectivity index (χ3v) is 3.49. The van der Waals surface area contributed by atoms with Crippen LogP contribution in [0.3, 0.4) is 0 Å². The van der Waals surface area contributed by atoms with Crippen LogP contribution in [0.25, 0.3) is 0 Å². The lowest BCUT2D eigenvalue weighted by Gasteiger charge is -2.36. The van der Waals surface area contributed by atoms with Crippen molar-refractivity contribution in [1.29, 1.82) is 0 Å². The minimum Gasteiger partial charge on any atom is -0.396 e. The number of methoxy groups -OCH3 is 1. The summed E-state index contributed by atoms with van der Waals surface area (Å²) in [6.45, 7) is 1.94. The molecule has 1 aliphatic carbocycles. The Bertz CT molecular complexity index is 181. The molecule has 1 aliphatic rings. The zero-order valence-corrected chi connectivity index (χ0v) is 10.2. The molecule has 4 heteroatoms. The van der Waals surface area contributed by atoms with E-state index in [0.717, 1.165) is 19.4 Å². The third kappa shape index (κ3) is 4.37. The third-order valence-electron chi connectivity index (χ3n) is 3.49. The summed E-state index contributed by atoms with van der Waals surface area (Å²) in [6, 6.07) is 0. The standard InChI is InChI=1S/C12H25NO3/c1-16-8-11(15)7-13-9-12(10-14)5-3-2-4-6-12/h11,13-15H,2-10H2,1H3. The highest BCUT2D eigenvalue weighted by atomic mass is 16.5. The molecule has 0 heterocycles. The van der Waals surface area contributed by atoms with E-state index in [1.807, 2.05) is 0 Å². The number of aliphatic hydroxyl groups excluding tert-OH is 2. The van der Waals surface area contributed by atoms with Gasteiger partial charge in [0.2, 0.25) is 0 Å². The Balaban J connectivity index is 2.22. The van der Waals surface area contributed by atoms with Crippen LogP contribution in [0, 0.1) is 5.41 Å². The van der Waals surface area contributed by atoms with Crippen molar-refractivity contribution in [2.75, 3.05) is 33.4 Å². The van der Waals surface area contributed by atoms with Gasteiger partial charge in [-0.05, 0) is 12.8 Å². The molecule has 0 aromatic rings. The second-order valence-corrected chi connectivity index (χ2v) is 4.96. The summed E-state index contributed by atoms with van der Waals surface area (Å²) in [6.07, 6.45) is 5.44. The summed E-state index contributed by atoms with van der Waals surface area (Å²) < 4.78 is 4.86. The van der Waals surface area contributed by atoms with Gasteiger partial charge in [-0.3, -0.25) is 0 Å². The van der Waals surface area contributed by atoms with Crippen LogP contribution in [0.1, 0.15) is 32.1 Å². The number of hydrogen-bond acceptors (Lipinski definition) is 4. The monoisotopic (exact) mass is 231 g/mol. The highest BCUT2D eigenvalue weighted by molar-refractivity contribution is 4.84. The number of aliphatic hydroxyl groups is 2.